The third-order valence-corrected chi connectivity index (χ3v) is 4.08. The molecule has 1 fully saturated rings. The van der Waals surface area contributed by atoms with Crippen LogP contribution < -0.4 is 9.47 Å². The molecular formula is C16H26N2O3. The lowest BCUT2D eigenvalue weighted by atomic mass is 10.1. The molecule has 1 saturated heterocycles. The molecule has 2 rings (SSSR count). The first-order valence-electron chi connectivity index (χ1n) is 7.45. The summed E-state index contributed by atoms with van der Waals surface area (Å²) in [6.07, 6.45) is 0. The highest BCUT2D eigenvalue weighted by Crippen LogP contribution is 2.37. The lowest BCUT2D eigenvalue weighted by Gasteiger charge is -2.37. The van der Waals surface area contributed by atoms with Gasteiger partial charge in [0.25, 0.3) is 0 Å². The van der Waals surface area contributed by atoms with Crippen LogP contribution in [0.2, 0.25) is 0 Å². The minimum absolute atomic E-state index is 0.0633. The largest absolute Gasteiger partial charge is 0.502 e. The molecule has 0 saturated carbocycles. The summed E-state index contributed by atoms with van der Waals surface area (Å²) in [6.45, 7) is 9.65. The molecule has 0 atom stereocenters. The number of rotatable bonds is 5. The molecule has 1 aromatic carbocycles. The molecule has 1 aliphatic heterocycles. The third kappa shape index (κ3) is 3.80. The van der Waals surface area contributed by atoms with E-state index in [1.807, 2.05) is 12.1 Å². The van der Waals surface area contributed by atoms with E-state index in [1.54, 1.807) is 14.2 Å². The van der Waals surface area contributed by atoms with Crippen LogP contribution in [0, 0.1) is 0 Å². The Kier molecular flexibility index (Phi) is 5.31. The fourth-order valence-electron chi connectivity index (χ4n) is 2.74. The normalized spacial score (nSPS) is 17.2. The maximum absolute atomic E-state index is 9.94. The quantitative estimate of drug-likeness (QED) is 0.899. The number of hydrogen-bond donors (Lipinski definition) is 1. The van der Waals surface area contributed by atoms with E-state index in [1.165, 1.54) is 0 Å². The number of nitrogens with zero attached hydrogens (tertiary/aromatic N) is 2. The van der Waals surface area contributed by atoms with Crippen LogP contribution in [0.1, 0.15) is 19.4 Å². The van der Waals surface area contributed by atoms with Gasteiger partial charge in [-0.25, -0.2) is 0 Å². The Hall–Kier alpha value is -1.46. The summed E-state index contributed by atoms with van der Waals surface area (Å²) < 4.78 is 10.4. The smallest absolute Gasteiger partial charge is 0.200 e. The molecule has 5 nitrogen and oxygen atoms in total. The molecule has 0 spiro atoms. The number of phenols is 1. The van der Waals surface area contributed by atoms with E-state index in [9.17, 15) is 5.11 Å². The monoisotopic (exact) mass is 294 g/mol. The van der Waals surface area contributed by atoms with Crippen LogP contribution in [0.5, 0.6) is 17.2 Å². The Labute approximate surface area is 127 Å². The van der Waals surface area contributed by atoms with E-state index >= 15 is 0 Å². The first kappa shape index (κ1) is 15.9. The second-order valence-electron chi connectivity index (χ2n) is 5.75. The first-order chi connectivity index (χ1) is 10.0. The second-order valence-corrected chi connectivity index (χ2v) is 5.75. The zero-order valence-corrected chi connectivity index (χ0v) is 13.4. The molecule has 118 valence electrons. The number of hydrogen-bond acceptors (Lipinski definition) is 5. The van der Waals surface area contributed by atoms with Gasteiger partial charge < -0.3 is 14.6 Å². The van der Waals surface area contributed by atoms with Crippen molar-refractivity contribution in [3.8, 4) is 17.2 Å². The van der Waals surface area contributed by atoms with Gasteiger partial charge >= 0.3 is 0 Å². The Balaban J connectivity index is 2.03. The summed E-state index contributed by atoms with van der Waals surface area (Å²) >= 11 is 0. The second kappa shape index (κ2) is 7.00. The van der Waals surface area contributed by atoms with Crippen LogP contribution in [-0.4, -0.2) is 61.3 Å². The highest BCUT2D eigenvalue weighted by Gasteiger charge is 2.20. The number of benzene rings is 1. The van der Waals surface area contributed by atoms with Crippen molar-refractivity contribution in [3.05, 3.63) is 17.7 Å². The Morgan fingerprint density at radius 2 is 1.57 bits per heavy atom. The van der Waals surface area contributed by atoms with Crippen molar-refractivity contribution >= 4 is 0 Å². The average molecular weight is 294 g/mol. The van der Waals surface area contributed by atoms with Crippen molar-refractivity contribution in [1.29, 1.82) is 0 Å². The number of ether oxygens (including phenoxy) is 2. The van der Waals surface area contributed by atoms with Crippen molar-refractivity contribution in [2.24, 2.45) is 0 Å². The number of aromatic hydroxyl groups is 1. The molecule has 0 aliphatic carbocycles. The van der Waals surface area contributed by atoms with Crippen LogP contribution >= 0.6 is 0 Å². The van der Waals surface area contributed by atoms with Gasteiger partial charge in [0.1, 0.15) is 0 Å². The number of methoxy groups -OCH3 is 2. The molecule has 0 unspecified atom stereocenters. The van der Waals surface area contributed by atoms with Gasteiger partial charge in [-0.05, 0) is 31.5 Å². The van der Waals surface area contributed by atoms with Crippen molar-refractivity contribution in [2.75, 3.05) is 40.4 Å². The predicted octanol–water partition coefficient (Wildman–Crippen LogP) is 1.94. The van der Waals surface area contributed by atoms with Gasteiger partial charge in [0.2, 0.25) is 5.75 Å². The molecule has 0 amide bonds. The van der Waals surface area contributed by atoms with Gasteiger partial charge in [0.15, 0.2) is 11.5 Å². The fraction of sp³-hybridized carbons (Fsp3) is 0.625. The molecule has 0 aromatic heterocycles. The maximum Gasteiger partial charge on any atom is 0.200 e. The Morgan fingerprint density at radius 3 is 2.00 bits per heavy atom. The van der Waals surface area contributed by atoms with Crippen LogP contribution in [-0.2, 0) is 6.54 Å². The van der Waals surface area contributed by atoms with Crippen LogP contribution in [0.15, 0.2) is 12.1 Å². The van der Waals surface area contributed by atoms with Crippen LogP contribution in [0.3, 0.4) is 0 Å². The summed E-state index contributed by atoms with van der Waals surface area (Å²) in [4.78, 5) is 4.92. The molecular weight excluding hydrogens is 268 g/mol. The minimum Gasteiger partial charge on any atom is -0.502 e. The zero-order chi connectivity index (χ0) is 15.4. The van der Waals surface area contributed by atoms with E-state index in [-0.39, 0.29) is 5.75 Å². The molecule has 5 heteroatoms. The summed E-state index contributed by atoms with van der Waals surface area (Å²) in [7, 11) is 3.11. The van der Waals surface area contributed by atoms with E-state index in [2.05, 4.69) is 23.6 Å². The molecule has 1 N–H and O–H groups in total. The van der Waals surface area contributed by atoms with Gasteiger partial charge in [-0.2, -0.15) is 0 Å². The first-order valence-corrected chi connectivity index (χ1v) is 7.45. The number of piperazine rings is 1. The van der Waals surface area contributed by atoms with Gasteiger partial charge in [-0.3, -0.25) is 9.80 Å². The Morgan fingerprint density at radius 1 is 1.05 bits per heavy atom. The van der Waals surface area contributed by atoms with Crippen molar-refractivity contribution in [2.45, 2.75) is 26.4 Å². The van der Waals surface area contributed by atoms with E-state index in [0.717, 1.165) is 38.3 Å². The fourth-order valence-corrected chi connectivity index (χ4v) is 2.74. The van der Waals surface area contributed by atoms with E-state index in [0.29, 0.717) is 17.5 Å². The molecule has 0 radical (unpaired) electrons. The molecule has 21 heavy (non-hydrogen) atoms. The summed E-state index contributed by atoms with van der Waals surface area (Å²) in [6, 6.07) is 4.38. The van der Waals surface area contributed by atoms with Crippen molar-refractivity contribution in [3.63, 3.8) is 0 Å². The molecule has 1 aliphatic rings. The molecule has 1 heterocycles. The third-order valence-electron chi connectivity index (χ3n) is 4.08. The predicted molar refractivity (Wildman–Crippen MR) is 83.2 cm³/mol. The lowest BCUT2D eigenvalue weighted by Crippen LogP contribution is -2.48. The van der Waals surface area contributed by atoms with Crippen LogP contribution in [0.25, 0.3) is 0 Å². The molecule has 0 bridgehead atoms. The highest BCUT2D eigenvalue weighted by molar-refractivity contribution is 5.52. The SMILES string of the molecule is COc1cc(CN2CCN(C(C)C)CC2)cc(OC)c1O. The Bertz CT molecular complexity index is 444. The van der Waals surface area contributed by atoms with Crippen LogP contribution in [0.4, 0.5) is 0 Å². The van der Waals surface area contributed by atoms with Gasteiger partial charge in [-0.1, -0.05) is 0 Å². The summed E-state index contributed by atoms with van der Waals surface area (Å²) in [5, 5.41) is 9.94. The van der Waals surface area contributed by atoms with E-state index in [4.69, 9.17) is 9.47 Å². The maximum atomic E-state index is 9.94. The minimum atomic E-state index is 0.0633. The topological polar surface area (TPSA) is 45.2 Å². The molecule has 1 aromatic rings. The van der Waals surface area contributed by atoms with Crippen molar-refractivity contribution in [1.82, 2.24) is 9.80 Å². The summed E-state index contributed by atoms with van der Waals surface area (Å²) in [5.41, 5.74) is 1.10. The average Bonchev–Trinajstić information content (AvgIpc) is 2.49. The van der Waals surface area contributed by atoms with Gasteiger partial charge in [-0.15, -0.1) is 0 Å². The van der Waals surface area contributed by atoms with Crippen molar-refractivity contribution < 1.29 is 14.6 Å². The number of phenolic OH excluding ortho intramolecular Hbond substituents is 1. The van der Waals surface area contributed by atoms with Gasteiger partial charge in [0.05, 0.1) is 14.2 Å². The standard InChI is InChI=1S/C16H26N2O3/c1-12(2)18-7-5-17(6-8-18)11-13-9-14(20-3)16(19)15(10-13)21-4/h9-10,12,19H,5-8,11H2,1-4H3. The van der Waals surface area contributed by atoms with E-state index < -0.39 is 0 Å². The van der Waals surface area contributed by atoms with Gasteiger partial charge in [0, 0.05) is 38.8 Å². The highest BCUT2D eigenvalue weighted by atomic mass is 16.5. The summed E-state index contributed by atoms with van der Waals surface area (Å²) in [5.74, 6) is 0.990. The zero-order valence-electron chi connectivity index (χ0n) is 13.4. The lowest BCUT2D eigenvalue weighted by molar-refractivity contribution is 0.104.